The number of phosphoric acid groups is 1. The van der Waals surface area contributed by atoms with Crippen molar-refractivity contribution in [2.45, 2.75) is 20.0 Å². The van der Waals surface area contributed by atoms with Crippen molar-refractivity contribution in [2.24, 2.45) is 0 Å². The van der Waals surface area contributed by atoms with Crippen LogP contribution in [0.5, 0.6) is 0 Å². The van der Waals surface area contributed by atoms with Crippen LogP contribution in [-0.2, 0) is 22.9 Å². The van der Waals surface area contributed by atoms with Crippen molar-refractivity contribution in [3.05, 3.63) is 65.7 Å². The van der Waals surface area contributed by atoms with E-state index in [1.54, 1.807) is 68.4 Å². The maximum atomic E-state index is 12.9. The van der Waals surface area contributed by atoms with Crippen molar-refractivity contribution < 1.29 is 22.9 Å². The normalized spacial score (nSPS) is 12.2. The fourth-order valence-electron chi connectivity index (χ4n) is 2.35. The number of amides is 1. The van der Waals surface area contributed by atoms with Crippen LogP contribution in [-0.4, -0.2) is 19.1 Å². The molecule has 0 bridgehead atoms. The van der Waals surface area contributed by atoms with Gasteiger partial charge < -0.3 is 5.32 Å². The van der Waals surface area contributed by atoms with Crippen LogP contribution in [0.2, 0.25) is 0 Å². The van der Waals surface area contributed by atoms with E-state index in [1.807, 2.05) is 0 Å². The van der Waals surface area contributed by atoms with Gasteiger partial charge in [0.25, 0.3) is 5.91 Å². The average Bonchev–Trinajstić information content (AvgIpc) is 2.67. The number of carbonyl (C=O) groups is 1. The molecule has 0 aliphatic rings. The molecule has 1 N–H and O–H groups in total. The predicted octanol–water partition coefficient (Wildman–Crippen LogP) is 4.55. The van der Waals surface area contributed by atoms with E-state index in [0.717, 1.165) is 0 Å². The fraction of sp³-hybridized carbons (Fsp3) is 0.250. The van der Waals surface area contributed by atoms with E-state index in [4.69, 9.17) is 20.0 Å². The number of nitrogens with one attached hydrogen (secondary N) is 1. The molecule has 0 radical (unpaired) electrons. The summed E-state index contributed by atoms with van der Waals surface area (Å²) in [6.45, 7) is 3.55. The third-order valence-corrected chi connectivity index (χ3v) is 5.11. The Balaban J connectivity index is 2.34. The zero-order valence-electron chi connectivity index (χ0n) is 15.3. The zero-order chi connectivity index (χ0) is 19.7. The number of anilines is 1. The first-order chi connectivity index (χ1) is 13.0. The van der Waals surface area contributed by atoms with Crippen molar-refractivity contribution in [3.63, 3.8) is 0 Å². The Labute approximate surface area is 159 Å². The minimum Gasteiger partial charge on any atom is -0.322 e. The molecule has 0 fully saturated rings. The molecular weight excluding hydrogens is 365 g/mol. The monoisotopic (exact) mass is 387 g/mol. The highest BCUT2D eigenvalue weighted by Crippen LogP contribution is 2.53. The van der Waals surface area contributed by atoms with E-state index in [-0.39, 0.29) is 13.2 Å². The smallest absolute Gasteiger partial charge is 0.322 e. The maximum Gasteiger partial charge on any atom is 0.475 e. The molecule has 0 saturated carbocycles. The maximum absolute atomic E-state index is 12.9. The first-order valence-corrected chi connectivity index (χ1v) is 9.98. The first kappa shape index (κ1) is 20.9. The molecule has 142 valence electrons. The number of benzene rings is 2. The average molecular weight is 387 g/mol. The van der Waals surface area contributed by atoms with Gasteiger partial charge in [-0.25, -0.2) is 4.57 Å². The molecule has 1 atom stereocenters. The first-order valence-electron chi connectivity index (χ1n) is 8.52. The summed E-state index contributed by atoms with van der Waals surface area (Å²) in [4.78, 5) is 12.9. The van der Waals surface area contributed by atoms with Crippen LogP contribution < -0.4 is 5.32 Å². The number of hydrogen-bond donors (Lipinski definition) is 1. The number of hydrogen-bond acceptors (Lipinski definition) is 5. The second kappa shape index (κ2) is 10.1. The van der Waals surface area contributed by atoms with Gasteiger partial charge in [-0.1, -0.05) is 48.4 Å². The Kier molecular flexibility index (Phi) is 7.78. The third kappa shape index (κ3) is 5.78. The van der Waals surface area contributed by atoms with Gasteiger partial charge in [-0.05, 0) is 31.5 Å². The topological polar surface area (TPSA) is 73.9 Å². The van der Waals surface area contributed by atoms with Crippen LogP contribution in [0.25, 0.3) is 0 Å². The number of para-hydroxylation sites is 1. The lowest BCUT2D eigenvalue weighted by Crippen LogP contribution is -2.24. The van der Waals surface area contributed by atoms with Crippen LogP contribution in [0.1, 0.15) is 31.1 Å². The third-order valence-electron chi connectivity index (χ3n) is 3.49. The minimum atomic E-state index is -3.92. The molecule has 2 aromatic rings. The van der Waals surface area contributed by atoms with Crippen molar-refractivity contribution in [1.29, 1.82) is 0 Å². The molecule has 1 amide bonds. The number of phosphoric ester groups is 1. The standard InChI is InChI=1S/C20H22NO5P/c1-4-16-12-10-11-15-18(16)21-20(22)19(17-13-8-7-9-14-17)26-27(23,24-5-2)25-6-3/h1,7-15,19H,5-6H2,2-3H3,(H,21,22). The van der Waals surface area contributed by atoms with Crippen LogP contribution >= 0.6 is 7.82 Å². The van der Waals surface area contributed by atoms with Gasteiger partial charge in [0.05, 0.1) is 18.9 Å². The van der Waals surface area contributed by atoms with E-state index in [2.05, 4.69) is 11.2 Å². The van der Waals surface area contributed by atoms with Crippen molar-refractivity contribution in [2.75, 3.05) is 18.5 Å². The number of terminal acetylenes is 1. The second-order valence-electron chi connectivity index (χ2n) is 5.36. The van der Waals surface area contributed by atoms with E-state index in [1.165, 1.54) is 0 Å². The Morgan fingerprint density at radius 1 is 1.07 bits per heavy atom. The lowest BCUT2D eigenvalue weighted by atomic mass is 10.1. The molecule has 27 heavy (non-hydrogen) atoms. The lowest BCUT2D eigenvalue weighted by Gasteiger charge is -2.23. The highest BCUT2D eigenvalue weighted by Gasteiger charge is 2.35. The molecule has 0 heterocycles. The molecule has 0 saturated heterocycles. The van der Waals surface area contributed by atoms with E-state index >= 15 is 0 Å². The molecule has 0 aliphatic heterocycles. The minimum absolute atomic E-state index is 0.111. The van der Waals surface area contributed by atoms with Crippen LogP contribution in [0.4, 0.5) is 5.69 Å². The molecule has 0 aromatic heterocycles. The van der Waals surface area contributed by atoms with Crippen molar-refractivity contribution in [3.8, 4) is 12.3 Å². The molecule has 7 heteroatoms. The largest absolute Gasteiger partial charge is 0.475 e. The van der Waals surface area contributed by atoms with Gasteiger partial charge >= 0.3 is 7.82 Å². The lowest BCUT2D eigenvalue weighted by molar-refractivity contribution is -0.124. The van der Waals surface area contributed by atoms with Gasteiger partial charge in [0.2, 0.25) is 0 Å². The van der Waals surface area contributed by atoms with Crippen molar-refractivity contribution in [1.82, 2.24) is 0 Å². The molecule has 0 aliphatic carbocycles. The highest BCUT2D eigenvalue weighted by atomic mass is 31.2. The summed E-state index contributed by atoms with van der Waals surface area (Å²) in [5.41, 5.74) is 1.49. The summed E-state index contributed by atoms with van der Waals surface area (Å²) in [5.74, 6) is 1.97. The van der Waals surface area contributed by atoms with E-state index in [0.29, 0.717) is 16.8 Å². The molecule has 6 nitrogen and oxygen atoms in total. The molecule has 2 aromatic carbocycles. The number of carbonyl (C=O) groups excluding carboxylic acids is 1. The Morgan fingerprint density at radius 3 is 2.26 bits per heavy atom. The summed E-state index contributed by atoms with van der Waals surface area (Å²) < 4.78 is 28.7. The van der Waals surface area contributed by atoms with Gasteiger partial charge in [0.15, 0.2) is 6.10 Å². The molecule has 2 rings (SSSR count). The van der Waals surface area contributed by atoms with Crippen molar-refractivity contribution >= 4 is 19.4 Å². The molecule has 1 unspecified atom stereocenters. The Morgan fingerprint density at radius 2 is 1.67 bits per heavy atom. The van der Waals surface area contributed by atoms with Gasteiger partial charge in [0, 0.05) is 5.56 Å². The Hall–Kier alpha value is -2.42. The summed E-state index contributed by atoms with van der Waals surface area (Å²) in [5, 5.41) is 2.73. The zero-order valence-corrected chi connectivity index (χ0v) is 16.1. The number of rotatable bonds is 9. The van der Waals surface area contributed by atoms with Crippen LogP contribution in [0, 0.1) is 12.3 Å². The van der Waals surface area contributed by atoms with Crippen LogP contribution in [0.15, 0.2) is 54.6 Å². The summed E-state index contributed by atoms with van der Waals surface area (Å²) in [6.07, 6.45) is 4.27. The van der Waals surface area contributed by atoms with Gasteiger partial charge in [-0.3, -0.25) is 18.4 Å². The molecular formula is C20H22NO5P. The van der Waals surface area contributed by atoms with E-state index < -0.39 is 19.8 Å². The SMILES string of the molecule is C#Cc1ccccc1NC(=O)C(OP(=O)(OCC)OCC)c1ccccc1. The quantitative estimate of drug-likeness (QED) is 0.505. The summed E-state index contributed by atoms with van der Waals surface area (Å²) >= 11 is 0. The summed E-state index contributed by atoms with van der Waals surface area (Å²) in [7, 11) is -3.92. The Bertz CT molecular complexity index is 837. The van der Waals surface area contributed by atoms with Gasteiger partial charge in [0.1, 0.15) is 0 Å². The predicted molar refractivity (Wildman–Crippen MR) is 104 cm³/mol. The van der Waals surface area contributed by atoms with Crippen LogP contribution in [0.3, 0.4) is 0 Å². The second-order valence-corrected chi connectivity index (χ2v) is 6.98. The van der Waals surface area contributed by atoms with Gasteiger partial charge in [-0.15, -0.1) is 6.42 Å². The van der Waals surface area contributed by atoms with E-state index in [9.17, 15) is 9.36 Å². The van der Waals surface area contributed by atoms with Gasteiger partial charge in [-0.2, -0.15) is 0 Å². The molecule has 0 spiro atoms. The summed E-state index contributed by atoms with van der Waals surface area (Å²) in [6, 6.07) is 15.6. The highest BCUT2D eigenvalue weighted by molar-refractivity contribution is 7.48. The fourth-order valence-corrected chi connectivity index (χ4v) is 3.65.